The van der Waals surface area contributed by atoms with Gasteiger partial charge in [-0.3, -0.25) is 19.8 Å². The van der Waals surface area contributed by atoms with Crippen LogP contribution in [-0.2, 0) is 11.3 Å². The van der Waals surface area contributed by atoms with Crippen LogP contribution in [0.2, 0.25) is 5.02 Å². The maximum atomic E-state index is 12.7. The lowest BCUT2D eigenvalue weighted by molar-refractivity contribution is -0.384. The van der Waals surface area contributed by atoms with Crippen LogP contribution in [0.15, 0.2) is 36.4 Å². The fourth-order valence-corrected chi connectivity index (χ4v) is 3.44. The molecular weight excluding hydrogens is 390 g/mol. The summed E-state index contributed by atoms with van der Waals surface area (Å²) in [6.45, 7) is 8.88. The second-order valence-corrected chi connectivity index (χ2v) is 8.28. The summed E-state index contributed by atoms with van der Waals surface area (Å²) in [6.07, 6.45) is 0. The number of para-hydroxylation sites is 1. The van der Waals surface area contributed by atoms with Crippen molar-refractivity contribution in [1.29, 1.82) is 0 Å². The van der Waals surface area contributed by atoms with E-state index in [1.165, 1.54) is 18.2 Å². The summed E-state index contributed by atoms with van der Waals surface area (Å²) in [6, 6.07) is 10.4. The van der Waals surface area contributed by atoms with E-state index in [1.54, 1.807) is 11.9 Å². The number of rotatable bonds is 8. The van der Waals surface area contributed by atoms with E-state index in [-0.39, 0.29) is 30.0 Å². The van der Waals surface area contributed by atoms with Gasteiger partial charge in [0.15, 0.2) is 0 Å². The molecular formula is C22H28ClN3O3. The number of hydrogen-bond acceptors (Lipinski definition) is 4. The van der Waals surface area contributed by atoms with E-state index in [9.17, 15) is 14.9 Å². The van der Waals surface area contributed by atoms with Crippen LogP contribution in [-0.4, -0.2) is 29.3 Å². The summed E-state index contributed by atoms with van der Waals surface area (Å²) < 4.78 is 0. The third-order valence-electron chi connectivity index (χ3n) is 4.73. The van der Waals surface area contributed by atoms with Crippen LogP contribution < -0.4 is 5.32 Å². The van der Waals surface area contributed by atoms with Gasteiger partial charge in [-0.05, 0) is 41.6 Å². The molecule has 0 spiro atoms. The maximum Gasteiger partial charge on any atom is 0.269 e. The Morgan fingerprint density at radius 2 is 1.72 bits per heavy atom. The number of nitrogens with one attached hydrogen (secondary N) is 1. The summed E-state index contributed by atoms with van der Waals surface area (Å²) in [5.41, 5.74) is 3.68. The Hall–Kier alpha value is -2.44. The van der Waals surface area contributed by atoms with Crippen molar-refractivity contribution < 1.29 is 9.72 Å². The van der Waals surface area contributed by atoms with Crippen molar-refractivity contribution in [2.75, 3.05) is 18.9 Å². The van der Waals surface area contributed by atoms with Crippen molar-refractivity contribution in [1.82, 2.24) is 4.90 Å². The smallest absolute Gasteiger partial charge is 0.269 e. The van der Waals surface area contributed by atoms with Crippen molar-refractivity contribution in [2.24, 2.45) is 0 Å². The molecule has 0 aliphatic rings. The average molecular weight is 418 g/mol. The minimum absolute atomic E-state index is 0.0188. The number of non-ortho nitro benzene ring substituents is 1. The predicted octanol–water partition coefficient (Wildman–Crippen LogP) is 5.57. The number of carbonyl (C=O) groups excluding carboxylic acids is 1. The van der Waals surface area contributed by atoms with Gasteiger partial charge in [0.05, 0.1) is 11.5 Å². The molecule has 0 aliphatic carbocycles. The fourth-order valence-electron chi connectivity index (χ4n) is 3.26. The minimum atomic E-state index is -0.456. The molecule has 1 amide bonds. The summed E-state index contributed by atoms with van der Waals surface area (Å²) in [4.78, 5) is 25.0. The largest absolute Gasteiger partial charge is 0.324 e. The SMILES string of the molecule is CC(C)c1cccc(C(C)C)c1NC(=O)CN(C)Cc1cc([N+](=O)[O-])ccc1Cl. The Morgan fingerprint density at radius 3 is 2.24 bits per heavy atom. The molecule has 2 aromatic rings. The molecule has 0 fully saturated rings. The third-order valence-corrected chi connectivity index (χ3v) is 5.10. The lowest BCUT2D eigenvalue weighted by atomic mass is 9.92. The Morgan fingerprint density at radius 1 is 1.14 bits per heavy atom. The van der Waals surface area contributed by atoms with Crippen LogP contribution in [0.5, 0.6) is 0 Å². The molecule has 6 nitrogen and oxygen atoms in total. The first kappa shape index (κ1) is 22.8. The molecule has 0 saturated carbocycles. The van der Waals surface area contributed by atoms with Crippen molar-refractivity contribution in [3.63, 3.8) is 0 Å². The van der Waals surface area contributed by atoms with E-state index in [4.69, 9.17) is 11.6 Å². The Bertz CT molecular complexity index is 871. The van der Waals surface area contributed by atoms with E-state index in [0.29, 0.717) is 17.1 Å². The monoisotopic (exact) mass is 417 g/mol. The molecule has 7 heteroatoms. The number of carbonyl (C=O) groups is 1. The molecule has 2 rings (SSSR count). The van der Waals surface area contributed by atoms with Crippen LogP contribution in [0.4, 0.5) is 11.4 Å². The Balaban J connectivity index is 2.14. The van der Waals surface area contributed by atoms with E-state index in [1.807, 2.05) is 18.2 Å². The molecule has 1 N–H and O–H groups in total. The molecule has 0 atom stereocenters. The van der Waals surface area contributed by atoms with Gasteiger partial charge in [-0.1, -0.05) is 57.5 Å². The highest BCUT2D eigenvalue weighted by atomic mass is 35.5. The van der Waals surface area contributed by atoms with Crippen LogP contribution in [0.3, 0.4) is 0 Å². The number of nitro benzene ring substituents is 1. The molecule has 0 aliphatic heterocycles. The molecule has 0 aromatic heterocycles. The highest BCUT2D eigenvalue weighted by Crippen LogP contribution is 2.32. The summed E-state index contributed by atoms with van der Waals surface area (Å²) in [5, 5.41) is 14.5. The van der Waals surface area contributed by atoms with Gasteiger partial charge in [-0.25, -0.2) is 0 Å². The highest BCUT2D eigenvalue weighted by molar-refractivity contribution is 6.31. The standard InChI is InChI=1S/C22H28ClN3O3/c1-14(2)18-7-6-8-19(15(3)4)22(18)24-21(27)13-25(5)12-16-11-17(26(28)29)9-10-20(16)23/h6-11,14-15H,12-13H2,1-5H3,(H,24,27). The molecule has 0 bridgehead atoms. The van der Waals surface area contributed by atoms with Gasteiger partial charge < -0.3 is 5.32 Å². The van der Waals surface area contributed by atoms with Crippen molar-refractivity contribution >= 4 is 28.9 Å². The second kappa shape index (κ2) is 9.85. The number of benzene rings is 2. The molecule has 29 heavy (non-hydrogen) atoms. The van der Waals surface area contributed by atoms with Gasteiger partial charge in [-0.15, -0.1) is 0 Å². The number of likely N-dealkylation sites (N-methyl/N-ethyl adjacent to an activating group) is 1. The van der Waals surface area contributed by atoms with Crippen molar-refractivity contribution in [3.05, 3.63) is 68.2 Å². The van der Waals surface area contributed by atoms with Crippen LogP contribution in [0.25, 0.3) is 0 Å². The van der Waals surface area contributed by atoms with Crippen molar-refractivity contribution in [2.45, 2.75) is 46.1 Å². The van der Waals surface area contributed by atoms with Gasteiger partial charge >= 0.3 is 0 Å². The Labute approximate surface area is 177 Å². The number of nitrogens with zero attached hydrogens (tertiary/aromatic N) is 2. The van der Waals surface area contributed by atoms with E-state index >= 15 is 0 Å². The molecule has 0 unspecified atom stereocenters. The van der Waals surface area contributed by atoms with Gasteiger partial charge in [-0.2, -0.15) is 0 Å². The zero-order valence-corrected chi connectivity index (χ0v) is 18.3. The van der Waals surface area contributed by atoms with Gasteiger partial charge in [0.1, 0.15) is 0 Å². The first-order valence-electron chi connectivity index (χ1n) is 9.64. The lowest BCUT2D eigenvalue weighted by Gasteiger charge is -2.22. The first-order chi connectivity index (χ1) is 13.6. The second-order valence-electron chi connectivity index (χ2n) is 7.87. The first-order valence-corrected chi connectivity index (χ1v) is 10.0. The topological polar surface area (TPSA) is 75.5 Å². The van der Waals surface area contributed by atoms with Crippen LogP contribution in [0.1, 0.15) is 56.2 Å². The van der Waals surface area contributed by atoms with Gasteiger partial charge in [0.2, 0.25) is 5.91 Å². The van der Waals surface area contributed by atoms with E-state index in [2.05, 4.69) is 33.0 Å². The zero-order valence-electron chi connectivity index (χ0n) is 17.5. The van der Waals surface area contributed by atoms with Gasteiger partial charge in [0, 0.05) is 29.4 Å². The van der Waals surface area contributed by atoms with E-state index in [0.717, 1.165) is 16.8 Å². The van der Waals surface area contributed by atoms with Crippen LogP contribution >= 0.6 is 11.6 Å². The summed E-state index contributed by atoms with van der Waals surface area (Å²) in [5.74, 6) is 0.430. The molecule has 156 valence electrons. The minimum Gasteiger partial charge on any atom is -0.324 e. The molecule has 0 saturated heterocycles. The number of hydrogen-bond donors (Lipinski definition) is 1. The highest BCUT2D eigenvalue weighted by Gasteiger charge is 2.18. The molecule has 2 aromatic carbocycles. The quantitative estimate of drug-likeness (QED) is 0.450. The fraction of sp³-hybridized carbons (Fsp3) is 0.409. The summed E-state index contributed by atoms with van der Waals surface area (Å²) >= 11 is 6.17. The number of nitro groups is 1. The predicted molar refractivity (Wildman–Crippen MR) is 118 cm³/mol. The molecule has 0 radical (unpaired) electrons. The van der Waals surface area contributed by atoms with E-state index < -0.39 is 4.92 Å². The van der Waals surface area contributed by atoms with Crippen LogP contribution in [0, 0.1) is 10.1 Å². The van der Waals surface area contributed by atoms with Gasteiger partial charge in [0.25, 0.3) is 5.69 Å². The van der Waals surface area contributed by atoms with Crippen molar-refractivity contribution in [3.8, 4) is 0 Å². The number of anilines is 1. The third kappa shape index (κ3) is 6.02. The zero-order chi connectivity index (χ0) is 21.7. The summed E-state index contributed by atoms with van der Waals surface area (Å²) in [7, 11) is 1.78. The number of halogens is 1. The lowest BCUT2D eigenvalue weighted by Crippen LogP contribution is -2.30. The normalized spacial score (nSPS) is 11.3. The average Bonchev–Trinajstić information content (AvgIpc) is 2.62. The Kier molecular flexibility index (Phi) is 7.76. The number of amides is 1. The molecule has 0 heterocycles. The maximum absolute atomic E-state index is 12.7.